The van der Waals surface area contributed by atoms with Crippen LogP contribution in [0, 0.1) is 12.8 Å². The maximum absolute atomic E-state index is 13.5. The zero-order valence-corrected chi connectivity index (χ0v) is 16.4. The molecule has 0 spiro atoms. The number of alkyl halides is 2. The largest absolute Gasteiger partial charge is 0.489 e. The Labute approximate surface area is 171 Å². The van der Waals surface area contributed by atoms with Gasteiger partial charge in [-0.25, -0.2) is 13.3 Å². The van der Waals surface area contributed by atoms with Gasteiger partial charge in [0.05, 0.1) is 18.3 Å². The number of aromatic nitrogens is 3. The molecule has 2 N–H and O–H groups in total. The molecule has 156 valence electrons. The minimum atomic E-state index is -2.75. The van der Waals surface area contributed by atoms with Crippen LogP contribution in [0.2, 0.25) is 0 Å². The van der Waals surface area contributed by atoms with Crippen molar-refractivity contribution in [3.05, 3.63) is 42.4 Å². The second-order valence-electron chi connectivity index (χ2n) is 7.91. The van der Waals surface area contributed by atoms with Crippen LogP contribution in [-0.4, -0.2) is 45.6 Å². The standard InChI is InChI=1S/C21H21F2N5O2/c1-12-6-16(17(9-24-12)30-10-18-21(22,23)11-25-18)14-4-5-28-15(7-14)8-19(27-28)26-20(29)13-2-3-13/h4-9,13,18,25H,2-3,10-11H2,1H3,(H,26,27,29). The Morgan fingerprint density at radius 1 is 1.37 bits per heavy atom. The lowest BCUT2D eigenvalue weighted by Gasteiger charge is -2.37. The Morgan fingerprint density at radius 3 is 2.90 bits per heavy atom. The number of hydrogen-bond donors (Lipinski definition) is 2. The number of nitrogens with one attached hydrogen (secondary N) is 2. The summed E-state index contributed by atoms with van der Waals surface area (Å²) in [6.45, 7) is 1.40. The van der Waals surface area contributed by atoms with E-state index in [0.717, 1.165) is 35.2 Å². The van der Waals surface area contributed by atoms with Crippen LogP contribution < -0.4 is 15.4 Å². The van der Waals surface area contributed by atoms with E-state index in [1.807, 2.05) is 25.1 Å². The van der Waals surface area contributed by atoms with E-state index in [2.05, 4.69) is 20.7 Å². The highest BCUT2D eigenvalue weighted by Crippen LogP contribution is 2.33. The highest BCUT2D eigenvalue weighted by atomic mass is 19.3. The van der Waals surface area contributed by atoms with Gasteiger partial charge in [-0.05, 0) is 43.5 Å². The Kier molecular flexibility index (Phi) is 4.43. The van der Waals surface area contributed by atoms with Crippen LogP contribution in [-0.2, 0) is 4.79 Å². The van der Waals surface area contributed by atoms with Gasteiger partial charge in [0.1, 0.15) is 18.4 Å². The predicted molar refractivity (Wildman–Crippen MR) is 107 cm³/mol. The van der Waals surface area contributed by atoms with Crippen LogP contribution in [0.4, 0.5) is 14.6 Å². The van der Waals surface area contributed by atoms with Gasteiger partial charge < -0.3 is 15.4 Å². The number of carbonyl (C=O) groups is 1. The Bertz CT molecular complexity index is 1130. The summed E-state index contributed by atoms with van der Waals surface area (Å²) in [5.41, 5.74) is 3.19. The minimum Gasteiger partial charge on any atom is -0.489 e. The summed E-state index contributed by atoms with van der Waals surface area (Å²) in [4.78, 5) is 16.2. The molecule has 1 amide bonds. The summed E-state index contributed by atoms with van der Waals surface area (Å²) in [5.74, 6) is -1.71. The number of pyridine rings is 2. The molecule has 1 aliphatic heterocycles. The van der Waals surface area contributed by atoms with Gasteiger partial charge in [0.15, 0.2) is 5.82 Å². The molecule has 0 bridgehead atoms. The van der Waals surface area contributed by atoms with Crippen molar-refractivity contribution in [1.82, 2.24) is 19.9 Å². The third kappa shape index (κ3) is 3.60. The van der Waals surface area contributed by atoms with Crippen molar-refractivity contribution in [3.63, 3.8) is 0 Å². The lowest BCUT2D eigenvalue weighted by atomic mass is 10.0. The van der Waals surface area contributed by atoms with Crippen molar-refractivity contribution in [1.29, 1.82) is 0 Å². The molecule has 7 nitrogen and oxygen atoms in total. The van der Waals surface area contributed by atoms with Crippen molar-refractivity contribution in [3.8, 4) is 16.9 Å². The molecular weight excluding hydrogens is 392 g/mol. The average Bonchev–Trinajstić information content (AvgIpc) is 3.48. The Balaban J connectivity index is 1.41. The molecule has 1 atom stereocenters. The van der Waals surface area contributed by atoms with Crippen molar-refractivity contribution < 1.29 is 18.3 Å². The van der Waals surface area contributed by atoms with Crippen LogP contribution in [0.15, 0.2) is 36.7 Å². The highest BCUT2D eigenvalue weighted by molar-refractivity contribution is 5.93. The monoisotopic (exact) mass is 413 g/mol. The third-order valence-corrected chi connectivity index (χ3v) is 5.48. The van der Waals surface area contributed by atoms with Crippen LogP contribution in [0.3, 0.4) is 0 Å². The molecule has 3 aromatic heterocycles. The number of nitrogens with zero attached hydrogens (tertiary/aromatic N) is 3. The molecule has 4 heterocycles. The normalized spacial score (nSPS) is 20.0. The molecule has 0 radical (unpaired) electrons. The van der Waals surface area contributed by atoms with Gasteiger partial charge >= 0.3 is 0 Å². The number of rotatable bonds is 6. The van der Waals surface area contributed by atoms with Gasteiger partial charge in [0, 0.05) is 29.4 Å². The number of aryl methyl sites for hydroxylation is 1. The van der Waals surface area contributed by atoms with Gasteiger partial charge in [-0.15, -0.1) is 0 Å². The van der Waals surface area contributed by atoms with E-state index < -0.39 is 12.0 Å². The van der Waals surface area contributed by atoms with Gasteiger partial charge in [-0.1, -0.05) is 0 Å². The number of halogens is 2. The fraction of sp³-hybridized carbons (Fsp3) is 0.381. The van der Waals surface area contributed by atoms with Crippen LogP contribution in [0.25, 0.3) is 16.6 Å². The SMILES string of the molecule is Cc1cc(-c2ccn3nc(NC(=O)C4CC4)cc3c2)c(OCC2NCC2(F)F)cn1. The lowest BCUT2D eigenvalue weighted by Crippen LogP contribution is -2.65. The summed E-state index contributed by atoms with van der Waals surface area (Å²) in [6, 6.07) is 6.44. The second-order valence-corrected chi connectivity index (χ2v) is 7.91. The first kappa shape index (κ1) is 18.9. The van der Waals surface area contributed by atoms with E-state index >= 15 is 0 Å². The molecule has 1 saturated carbocycles. The molecule has 2 fully saturated rings. The molecule has 1 saturated heterocycles. The summed E-state index contributed by atoms with van der Waals surface area (Å²) in [6.07, 6.45) is 5.20. The van der Waals surface area contributed by atoms with Crippen LogP contribution >= 0.6 is 0 Å². The van der Waals surface area contributed by atoms with E-state index in [-0.39, 0.29) is 25.0 Å². The first-order chi connectivity index (χ1) is 14.4. The number of anilines is 1. The van der Waals surface area contributed by atoms with Crippen molar-refractivity contribution in [2.45, 2.75) is 31.7 Å². The number of fused-ring (bicyclic) bond motifs is 1. The molecule has 1 aliphatic carbocycles. The van der Waals surface area contributed by atoms with Gasteiger partial charge in [0.25, 0.3) is 5.92 Å². The molecule has 9 heteroatoms. The van der Waals surface area contributed by atoms with Crippen LogP contribution in [0.1, 0.15) is 18.5 Å². The molecule has 5 rings (SSSR count). The summed E-state index contributed by atoms with van der Waals surface area (Å²) >= 11 is 0. The Hall–Kier alpha value is -3.07. The fourth-order valence-corrected chi connectivity index (χ4v) is 3.44. The topological polar surface area (TPSA) is 80.5 Å². The smallest absolute Gasteiger partial charge is 0.278 e. The maximum Gasteiger partial charge on any atom is 0.278 e. The molecule has 2 aliphatic rings. The first-order valence-corrected chi connectivity index (χ1v) is 9.90. The van der Waals surface area contributed by atoms with Crippen molar-refractivity contribution >= 4 is 17.2 Å². The van der Waals surface area contributed by atoms with E-state index in [1.165, 1.54) is 0 Å². The fourth-order valence-electron chi connectivity index (χ4n) is 3.44. The van der Waals surface area contributed by atoms with E-state index in [4.69, 9.17) is 4.74 Å². The number of amides is 1. The van der Waals surface area contributed by atoms with Crippen LogP contribution in [0.5, 0.6) is 5.75 Å². The molecule has 1 unspecified atom stereocenters. The summed E-state index contributed by atoms with van der Waals surface area (Å²) < 4.78 is 34.4. The minimum absolute atomic E-state index is 0.000444. The second kappa shape index (κ2) is 7.02. The molecular formula is C21H21F2N5O2. The number of hydrogen-bond acceptors (Lipinski definition) is 5. The average molecular weight is 413 g/mol. The third-order valence-electron chi connectivity index (χ3n) is 5.48. The zero-order valence-electron chi connectivity index (χ0n) is 16.4. The maximum atomic E-state index is 13.5. The van der Waals surface area contributed by atoms with Crippen molar-refractivity contribution in [2.24, 2.45) is 5.92 Å². The molecule has 3 aromatic rings. The van der Waals surface area contributed by atoms with Crippen molar-refractivity contribution in [2.75, 3.05) is 18.5 Å². The quantitative estimate of drug-likeness (QED) is 0.649. The van der Waals surface area contributed by atoms with Gasteiger partial charge in [-0.3, -0.25) is 9.78 Å². The van der Waals surface area contributed by atoms with E-state index in [9.17, 15) is 13.6 Å². The Morgan fingerprint density at radius 2 is 2.20 bits per heavy atom. The first-order valence-electron chi connectivity index (χ1n) is 9.90. The highest BCUT2D eigenvalue weighted by Gasteiger charge is 2.48. The lowest BCUT2D eigenvalue weighted by molar-refractivity contribution is -0.117. The summed E-state index contributed by atoms with van der Waals surface area (Å²) in [7, 11) is 0. The van der Waals surface area contributed by atoms with E-state index in [0.29, 0.717) is 11.6 Å². The molecule has 30 heavy (non-hydrogen) atoms. The van der Waals surface area contributed by atoms with Gasteiger partial charge in [-0.2, -0.15) is 5.10 Å². The number of ether oxygens (including phenoxy) is 1. The summed E-state index contributed by atoms with van der Waals surface area (Å²) in [5, 5.41) is 9.91. The predicted octanol–water partition coefficient (Wildman–Crippen LogP) is 3.04. The van der Waals surface area contributed by atoms with Gasteiger partial charge in [0.2, 0.25) is 5.91 Å². The molecule has 0 aromatic carbocycles. The zero-order chi connectivity index (χ0) is 20.9. The number of carbonyl (C=O) groups excluding carboxylic acids is 1. The van der Waals surface area contributed by atoms with E-state index in [1.54, 1.807) is 23.0 Å².